The van der Waals surface area contributed by atoms with Crippen LogP contribution in [0.4, 0.5) is 10.1 Å². The molecule has 1 rings (SSSR count). The highest BCUT2D eigenvalue weighted by molar-refractivity contribution is 6.33. The minimum Gasteiger partial charge on any atom is -0.462 e. The number of ether oxygens (including phenoxy) is 1. The molecule has 98 valence electrons. The van der Waals surface area contributed by atoms with Gasteiger partial charge in [0.15, 0.2) is 0 Å². The topological polar surface area (TPSA) is 64.7 Å². The van der Waals surface area contributed by atoms with Crippen LogP contribution in [0, 0.1) is 5.82 Å². The van der Waals surface area contributed by atoms with Crippen LogP contribution < -0.4 is 5.73 Å². The number of alkyl halides is 1. The van der Waals surface area contributed by atoms with E-state index < -0.39 is 11.8 Å². The van der Waals surface area contributed by atoms with Crippen molar-refractivity contribution in [2.75, 3.05) is 12.5 Å². The van der Waals surface area contributed by atoms with Crippen molar-refractivity contribution in [3.63, 3.8) is 0 Å². The maximum absolute atomic E-state index is 13.5. The van der Waals surface area contributed by atoms with E-state index in [1.807, 2.05) is 0 Å². The lowest BCUT2D eigenvalue weighted by Crippen LogP contribution is -2.12. The lowest BCUT2D eigenvalue weighted by Gasteiger charge is -2.06. The standard InChI is InChI=1S/C11H11Cl2FN2O2/c1-2-18-11(17)6-3-9(16-10(15)5-12)8(14)4-7(6)13/h3-4H,2,5H2,1H3,(H2,15,16). The Kier molecular flexibility index (Phi) is 5.37. The Bertz CT molecular complexity index is 492. The minimum absolute atomic E-state index is 0.0287. The average Bonchev–Trinajstić information content (AvgIpc) is 2.32. The molecule has 0 spiro atoms. The van der Waals surface area contributed by atoms with E-state index in [0.29, 0.717) is 0 Å². The van der Waals surface area contributed by atoms with Gasteiger partial charge in [0.1, 0.15) is 17.3 Å². The van der Waals surface area contributed by atoms with Crippen LogP contribution in [0.5, 0.6) is 0 Å². The van der Waals surface area contributed by atoms with Crippen molar-refractivity contribution in [3.05, 3.63) is 28.5 Å². The van der Waals surface area contributed by atoms with Crippen LogP contribution in [0.15, 0.2) is 17.1 Å². The summed E-state index contributed by atoms with van der Waals surface area (Å²) in [5, 5.41) is -0.0469. The number of hydrogen-bond donors (Lipinski definition) is 1. The van der Waals surface area contributed by atoms with Crippen LogP contribution in [0.25, 0.3) is 0 Å². The summed E-state index contributed by atoms with van der Waals surface area (Å²) in [5.41, 5.74) is 5.32. The van der Waals surface area contributed by atoms with Crippen LogP contribution in [-0.4, -0.2) is 24.3 Å². The molecule has 0 radical (unpaired) electrons. The second-order valence-corrected chi connectivity index (χ2v) is 3.92. The Hall–Kier alpha value is -1.33. The summed E-state index contributed by atoms with van der Waals surface area (Å²) >= 11 is 11.2. The molecule has 0 aliphatic rings. The van der Waals surface area contributed by atoms with Crippen LogP contribution in [0.2, 0.25) is 5.02 Å². The smallest absolute Gasteiger partial charge is 0.339 e. The van der Waals surface area contributed by atoms with Crippen molar-refractivity contribution < 1.29 is 13.9 Å². The molecule has 0 aromatic heterocycles. The Balaban J connectivity index is 3.22. The highest BCUT2D eigenvalue weighted by Crippen LogP contribution is 2.27. The van der Waals surface area contributed by atoms with Crippen LogP contribution in [0.3, 0.4) is 0 Å². The summed E-state index contributed by atoms with van der Waals surface area (Å²) in [6.45, 7) is 1.84. The van der Waals surface area contributed by atoms with Crippen molar-refractivity contribution in [2.45, 2.75) is 6.92 Å². The lowest BCUT2D eigenvalue weighted by molar-refractivity contribution is 0.0526. The molecule has 0 bridgehead atoms. The van der Waals surface area contributed by atoms with Gasteiger partial charge in [-0.05, 0) is 19.1 Å². The van der Waals surface area contributed by atoms with Crippen molar-refractivity contribution in [1.82, 2.24) is 0 Å². The zero-order chi connectivity index (χ0) is 13.7. The fraction of sp³-hybridized carbons (Fsp3) is 0.273. The molecule has 1 aromatic carbocycles. The van der Waals surface area contributed by atoms with Gasteiger partial charge in [0.25, 0.3) is 0 Å². The van der Waals surface area contributed by atoms with Gasteiger partial charge in [-0.25, -0.2) is 14.2 Å². The molecular formula is C11H11Cl2FN2O2. The largest absolute Gasteiger partial charge is 0.462 e. The summed E-state index contributed by atoms with van der Waals surface area (Å²) in [6, 6.07) is 2.16. The average molecular weight is 293 g/mol. The quantitative estimate of drug-likeness (QED) is 0.402. The number of carbonyl (C=O) groups excluding carboxylic acids is 1. The number of carbonyl (C=O) groups is 1. The molecule has 0 aliphatic carbocycles. The molecule has 0 fully saturated rings. The van der Waals surface area contributed by atoms with Gasteiger partial charge in [0, 0.05) is 0 Å². The molecule has 18 heavy (non-hydrogen) atoms. The minimum atomic E-state index is -0.693. The van der Waals surface area contributed by atoms with Gasteiger partial charge in [0.2, 0.25) is 0 Å². The lowest BCUT2D eigenvalue weighted by atomic mass is 10.2. The first-order chi connectivity index (χ1) is 8.49. The van der Waals surface area contributed by atoms with Gasteiger partial charge in [-0.3, -0.25) is 0 Å². The Labute approximate surface area is 114 Å². The molecule has 0 unspecified atom stereocenters. The van der Waals surface area contributed by atoms with E-state index in [9.17, 15) is 9.18 Å². The third-order valence-electron chi connectivity index (χ3n) is 1.93. The number of nitrogens with zero attached hydrogens (tertiary/aromatic N) is 1. The number of amidine groups is 1. The van der Waals surface area contributed by atoms with Gasteiger partial charge in [0.05, 0.1) is 23.1 Å². The van der Waals surface area contributed by atoms with E-state index in [4.69, 9.17) is 33.7 Å². The molecule has 1 aromatic rings. The Morgan fingerprint density at radius 1 is 1.56 bits per heavy atom. The maximum atomic E-state index is 13.5. The first kappa shape index (κ1) is 14.7. The summed E-state index contributed by atoms with van der Waals surface area (Å²) in [7, 11) is 0. The Morgan fingerprint density at radius 2 is 2.22 bits per heavy atom. The summed E-state index contributed by atoms with van der Waals surface area (Å²) in [6.07, 6.45) is 0. The molecular weight excluding hydrogens is 282 g/mol. The van der Waals surface area contributed by atoms with Gasteiger partial charge in [-0.1, -0.05) is 11.6 Å². The predicted molar refractivity (Wildman–Crippen MR) is 69.4 cm³/mol. The second kappa shape index (κ2) is 6.56. The van der Waals surface area contributed by atoms with Gasteiger partial charge >= 0.3 is 5.97 Å². The molecule has 0 saturated heterocycles. The van der Waals surface area contributed by atoms with Gasteiger partial charge in [-0.2, -0.15) is 0 Å². The van der Waals surface area contributed by atoms with Crippen LogP contribution in [-0.2, 0) is 4.74 Å². The van der Waals surface area contributed by atoms with E-state index in [0.717, 1.165) is 6.07 Å². The fourth-order valence-electron chi connectivity index (χ4n) is 1.17. The SMILES string of the molecule is CCOC(=O)c1cc(N=C(N)CCl)c(F)cc1Cl. The molecule has 0 atom stereocenters. The Morgan fingerprint density at radius 3 is 2.78 bits per heavy atom. The molecule has 0 amide bonds. The van der Waals surface area contributed by atoms with Crippen molar-refractivity contribution >= 4 is 40.7 Å². The van der Waals surface area contributed by atoms with E-state index >= 15 is 0 Å². The number of esters is 1. The fourth-order valence-corrected chi connectivity index (χ4v) is 1.46. The third kappa shape index (κ3) is 3.58. The van der Waals surface area contributed by atoms with Crippen molar-refractivity contribution in [2.24, 2.45) is 10.7 Å². The molecule has 4 nitrogen and oxygen atoms in total. The van der Waals surface area contributed by atoms with Crippen LogP contribution in [0.1, 0.15) is 17.3 Å². The van der Waals surface area contributed by atoms with E-state index in [1.165, 1.54) is 6.07 Å². The monoisotopic (exact) mass is 292 g/mol. The van der Waals surface area contributed by atoms with E-state index in [2.05, 4.69) is 4.99 Å². The van der Waals surface area contributed by atoms with Gasteiger partial charge < -0.3 is 10.5 Å². The van der Waals surface area contributed by atoms with Gasteiger partial charge in [-0.15, -0.1) is 11.6 Å². The molecule has 0 saturated carbocycles. The zero-order valence-electron chi connectivity index (χ0n) is 9.54. The third-order valence-corrected chi connectivity index (χ3v) is 2.52. The number of benzene rings is 1. The molecule has 2 N–H and O–H groups in total. The van der Waals surface area contributed by atoms with Crippen molar-refractivity contribution in [3.8, 4) is 0 Å². The normalized spacial score (nSPS) is 11.4. The molecule has 0 aliphatic heterocycles. The second-order valence-electron chi connectivity index (χ2n) is 3.24. The molecule has 0 heterocycles. The first-order valence-electron chi connectivity index (χ1n) is 5.04. The van der Waals surface area contributed by atoms with E-state index in [-0.39, 0.29) is 34.6 Å². The highest BCUT2D eigenvalue weighted by atomic mass is 35.5. The van der Waals surface area contributed by atoms with E-state index in [1.54, 1.807) is 6.92 Å². The number of aliphatic imine (C=N–C) groups is 1. The number of hydrogen-bond acceptors (Lipinski definition) is 3. The number of rotatable bonds is 4. The van der Waals surface area contributed by atoms with Crippen molar-refractivity contribution in [1.29, 1.82) is 0 Å². The molecule has 7 heteroatoms. The number of halogens is 3. The van der Waals surface area contributed by atoms with Crippen LogP contribution >= 0.6 is 23.2 Å². The predicted octanol–water partition coefficient (Wildman–Crippen LogP) is 2.88. The summed E-state index contributed by atoms with van der Waals surface area (Å²) in [5.74, 6) is -1.35. The summed E-state index contributed by atoms with van der Waals surface area (Å²) < 4.78 is 18.3. The summed E-state index contributed by atoms with van der Waals surface area (Å²) in [4.78, 5) is 15.3. The highest BCUT2D eigenvalue weighted by Gasteiger charge is 2.15. The maximum Gasteiger partial charge on any atom is 0.339 e. The first-order valence-corrected chi connectivity index (χ1v) is 5.96. The number of nitrogens with two attached hydrogens (primary N) is 1. The zero-order valence-corrected chi connectivity index (χ0v) is 11.1.